The Morgan fingerprint density at radius 2 is 2.12 bits per heavy atom. The highest BCUT2D eigenvalue weighted by molar-refractivity contribution is 8.00. The maximum Gasteiger partial charge on any atom is 0.407 e. The van der Waals surface area contributed by atoms with Gasteiger partial charge in [-0.15, -0.1) is 11.8 Å². The van der Waals surface area contributed by atoms with Gasteiger partial charge in [0.15, 0.2) is 9.84 Å². The van der Waals surface area contributed by atoms with Crippen LogP contribution in [0.4, 0.5) is 4.79 Å². The summed E-state index contributed by atoms with van der Waals surface area (Å²) in [5, 5.41) is 20.1. The number of ether oxygens (including phenoxy) is 1. The van der Waals surface area contributed by atoms with Crippen molar-refractivity contribution >= 4 is 39.6 Å². The number of hydrogen-bond donors (Lipinski definition) is 3. The topological polar surface area (TPSA) is 150 Å². The molecule has 2 aliphatic rings. The van der Waals surface area contributed by atoms with Gasteiger partial charge in [-0.1, -0.05) is 0 Å². The Morgan fingerprint density at radius 3 is 2.67 bits per heavy atom. The minimum absolute atomic E-state index is 0.216. The normalized spacial score (nSPS) is 23.4. The van der Waals surface area contributed by atoms with Gasteiger partial charge >= 0.3 is 12.1 Å². The van der Waals surface area contributed by atoms with Gasteiger partial charge in [-0.2, -0.15) is 0 Å². The Balaban J connectivity index is 1.97. The summed E-state index contributed by atoms with van der Waals surface area (Å²) in [5.41, 5.74) is -0.0407. The molecule has 2 rings (SSSR count). The second-order valence-electron chi connectivity index (χ2n) is 5.21. The number of aliphatic carboxylic acids is 1. The first kappa shape index (κ1) is 18.5. The van der Waals surface area contributed by atoms with Crippen LogP contribution in [0.1, 0.15) is 0 Å². The van der Waals surface area contributed by atoms with E-state index in [4.69, 9.17) is 4.74 Å². The van der Waals surface area contributed by atoms with Gasteiger partial charge in [0.2, 0.25) is 0 Å². The van der Waals surface area contributed by atoms with E-state index in [2.05, 4.69) is 5.32 Å². The van der Waals surface area contributed by atoms with Crippen molar-refractivity contribution < 1.29 is 37.8 Å². The third-order valence-electron chi connectivity index (χ3n) is 3.40. The highest BCUT2D eigenvalue weighted by Gasteiger charge is 2.54. The van der Waals surface area contributed by atoms with Gasteiger partial charge in [0.25, 0.3) is 5.91 Å². The second-order valence-corrected chi connectivity index (χ2v) is 8.58. The molecule has 2 heterocycles. The van der Waals surface area contributed by atoms with Crippen molar-refractivity contribution in [3.8, 4) is 0 Å². The number of carbonyl (C=O) groups excluding carboxylic acids is 2. The van der Waals surface area contributed by atoms with Crippen LogP contribution >= 0.6 is 11.8 Å². The Hall–Kier alpha value is -1.79. The van der Waals surface area contributed by atoms with Gasteiger partial charge in [0, 0.05) is 12.0 Å². The zero-order chi connectivity index (χ0) is 18.1. The van der Waals surface area contributed by atoms with Gasteiger partial charge in [-0.05, 0) is 5.57 Å². The number of amides is 2. The van der Waals surface area contributed by atoms with E-state index in [1.165, 1.54) is 11.8 Å². The molecule has 0 unspecified atom stereocenters. The molecule has 10 nitrogen and oxygen atoms in total. The van der Waals surface area contributed by atoms with Gasteiger partial charge in [0.1, 0.15) is 23.7 Å². The van der Waals surface area contributed by atoms with Crippen LogP contribution in [0.25, 0.3) is 0 Å². The number of aliphatic hydroxyl groups excluding tert-OH is 1. The summed E-state index contributed by atoms with van der Waals surface area (Å²) >= 11 is 1.21. The number of carboxylic acids is 1. The van der Waals surface area contributed by atoms with Crippen molar-refractivity contribution in [2.75, 3.05) is 31.0 Å². The minimum atomic E-state index is -3.27. The number of carboxylic acid groups (broad SMARTS) is 1. The number of nitrogens with one attached hydrogen (secondary N) is 1. The minimum Gasteiger partial charge on any atom is -0.477 e. The van der Waals surface area contributed by atoms with E-state index in [-0.39, 0.29) is 29.4 Å². The number of hydrogen-bond acceptors (Lipinski definition) is 8. The standard InChI is InChI=1S/C12H16N2O8S2/c1-24(20,21)3-2-22-12(19)13-7-9(16)14-8(11(17)18)6(4-15)5-23-10(7)14/h7,10,15H,2-5H2,1H3,(H,13,19)(H,17,18)/t7-,10-/m1/s1. The molecule has 0 radical (unpaired) electrons. The molecule has 24 heavy (non-hydrogen) atoms. The molecule has 0 aliphatic carbocycles. The first-order valence-corrected chi connectivity index (χ1v) is 9.88. The molecule has 0 aromatic heterocycles. The zero-order valence-corrected chi connectivity index (χ0v) is 14.2. The van der Waals surface area contributed by atoms with Crippen molar-refractivity contribution in [1.29, 1.82) is 0 Å². The summed E-state index contributed by atoms with van der Waals surface area (Å²) < 4.78 is 26.6. The fourth-order valence-corrected chi connectivity index (χ4v) is 3.98. The molecular weight excluding hydrogens is 364 g/mol. The number of thioether (sulfide) groups is 1. The molecule has 0 bridgehead atoms. The van der Waals surface area contributed by atoms with Crippen molar-refractivity contribution in [3.05, 3.63) is 11.3 Å². The fourth-order valence-electron chi connectivity index (χ4n) is 2.26. The molecule has 0 spiro atoms. The van der Waals surface area contributed by atoms with Crippen molar-refractivity contribution in [1.82, 2.24) is 10.2 Å². The number of rotatable bonds is 6. The first-order chi connectivity index (χ1) is 11.2. The van der Waals surface area contributed by atoms with Crippen LogP contribution in [-0.2, 0) is 24.2 Å². The molecule has 0 aromatic rings. The van der Waals surface area contributed by atoms with Crippen molar-refractivity contribution in [3.63, 3.8) is 0 Å². The second kappa shape index (κ2) is 6.99. The maximum atomic E-state index is 12.1. The first-order valence-electron chi connectivity index (χ1n) is 6.77. The van der Waals surface area contributed by atoms with Crippen molar-refractivity contribution in [2.24, 2.45) is 0 Å². The summed E-state index contributed by atoms with van der Waals surface area (Å²) in [5.74, 6) is -2.08. The van der Waals surface area contributed by atoms with E-state index in [1.54, 1.807) is 0 Å². The largest absolute Gasteiger partial charge is 0.477 e. The summed E-state index contributed by atoms with van der Waals surface area (Å²) in [6, 6.07) is -0.963. The van der Waals surface area contributed by atoms with E-state index in [0.717, 1.165) is 11.2 Å². The van der Waals surface area contributed by atoms with Gasteiger partial charge in [-0.25, -0.2) is 18.0 Å². The highest BCUT2D eigenvalue weighted by Crippen LogP contribution is 2.40. The Labute approximate surface area is 141 Å². The average Bonchev–Trinajstić information content (AvgIpc) is 2.49. The van der Waals surface area contributed by atoms with Crippen LogP contribution in [0, 0.1) is 0 Å². The molecule has 12 heteroatoms. The Kier molecular flexibility index (Phi) is 5.40. The lowest BCUT2D eigenvalue weighted by Gasteiger charge is -2.49. The number of aliphatic hydroxyl groups is 1. The van der Waals surface area contributed by atoms with Gasteiger partial charge in [0.05, 0.1) is 12.4 Å². The molecule has 134 valence electrons. The molecule has 2 aliphatic heterocycles. The van der Waals surface area contributed by atoms with Gasteiger partial charge < -0.3 is 20.3 Å². The van der Waals surface area contributed by atoms with Crippen LogP contribution in [0.2, 0.25) is 0 Å². The Bertz CT molecular complexity index is 702. The lowest BCUT2D eigenvalue weighted by atomic mass is 10.0. The average molecular weight is 380 g/mol. The Morgan fingerprint density at radius 1 is 1.46 bits per heavy atom. The van der Waals surface area contributed by atoms with Crippen molar-refractivity contribution in [2.45, 2.75) is 11.4 Å². The molecule has 3 N–H and O–H groups in total. The predicted molar refractivity (Wildman–Crippen MR) is 82.8 cm³/mol. The van der Waals surface area contributed by atoms with Crippen LogP contribution in [-0.4, -0.2) is 83.9 Å². The number of β-lactam (4-membered cyclic amide) rings is 1. The third-order valence-corrected chi connectivity index (χ3v) is 5.65. The summed E-state index contributed by atoms with van der Waals surface area (Å²) in [6.45, 7) is -0.821. The molecule has 2 amide bonds. The molecule has 1 saturated heterocycles. The van der Waals surface area contributed by atoms with E-state index in [0.29, 0.717) is 0 Å². The molecule has 0 saturated carbocycles. The molecule has 1 fully saturated rings. The van der Waals surface area contributed by atoms with E-state index in [9.17, 15) is 33.0 Å². The van der Waals surface area contributed by atoms with E-state index >= 15 is 0 Å². The van der Waals surface area contributed by atoms with Crippen LogP contribution < -0.4 is 5.32 Å². The molecule has 2 atom stereocenters. The summed E-state index contributed by atoms with van der Waals surface area (Å²) in [6.07, 6.45) is 0.0461. The monoisotopic (exact) mass is 380 g/mol. The SMILES string of the molecule is CS(=O)(=O)CCOC(=O)N[C@@H]1C(=O)N2C(C(=O)O)=C(CO)CS[C@H]12. The highest BCUT2D eigenvalue weighted by atomic mass is 32.2. The van der Waals surface area contributed by atoms with Crippen LogP contribution in [0.15, 0.2) is 11.3 Å². The lowest BCUT2D eigenvalue weighted by molar-refractivity contribution is -0.149. The third kappa shape index (κ3) is 3.82. The number of fused-ring (bicyclic) bond motifs is 1. The fraction of sp³-hybridized carbons (Fsp3) is 0.583. The number of sulfone groups is 1. The lowest BCUT2D eigenvalue weighted by Crippen LogP contribution is -2.70. The van der Waals surface area contributed by atoms with Gasteiger partial charge in [-0.3, -0.25) is 9.69 Å². The number of nitrogens with zero attached hydrogens (tertiary/aromatic N) is 1. The van der Waals surface area contributed by atoms with Crippen LogP contribution in [0.3, 0.4) is 0 Å². The number of carbonyl (C=O) groups is 3. The summed E-state index contributed by atoms with van der Waals surface area (Å²) in [4.78, 5) is 36.0. The van der Waals surface area contributed by atoms with E-state index in [1.807, 2.05) is 0 Å². The van der Waals surface area contributed by atoms with Crippen LogP contribution in [0.5, 0.6) is 0 Å². The number of alkyl carbamates (subject to hydrolysis) is 1. The maximum absolute atomic E-state index is 12.1. The summed E-state index contributed by atoms with van der Waals surface area (Å²) in [7, 11) is -3.27. The zero-order valence-electron chi connectivity index (χ0n) is 12.6. The molecule has 0 aromatic carbocycles. The smallest absolute Gasteiger partial charge is 0.407 e. The quantitative estimate of drug-likeness (QED) is 0.461. The van der Waals surface area contributed by atoms with E-state index < -0.39 is 45.8 Å². The molecular formula is C12H16N2O8S2. The predicted octanol–water partition coefficient (Wildman–Crippen LogP) is -1.63.